The van der Waals surface area contributed by atoms with Gasteiger partial charge in [0.2, 0.25) is 0 Å². The highest BCUT2D eigenvalue weighted by atomic mass is 32.1. The van der Waals surface area contributed by atoms with Gasteiger partial charge in [-0.3, -0.25) is 9.78 Å². The summed E-state index contributed by atoms with van der Waals surface area (Å²) in [5.41, 5.74) is 8.90. The molecule has 0 bridgehead atoms. The number of aliphatic hydroxyl groups excluding tert-OH is 1. The lowest BCUT2D eigenvalue weighted by molar-refractivity contribution is -0.0464. The zero-order chi connectivity index (χ0) is 25.7. The maximum Gasteiger partial charge on any atom is 0.570 e. The monoisotopic (exact) mass is 537 g/mol. The lowest BCUT2D eigenvalue weighted by Crippen LogP contribution is -2.28. The van der Waals surface area contributed by atoms with Crippen molar-refractivity contribution in [1.29, 1.82) is 0 Å². The van der Waals surface area contributed by atoms with Crippen LogP contribution in [0, 0.1) is 0 Å². The normalized spacial score (nSPS) is 20.3. The number of Topliss-reactive ketones (excluding diaryl/α,β-unsaturated/α-hetero) is 1. The van der Waals surface area contributed by atoms with Crippen LogP contribution in [-0.2, 0) is 26.7 Å². The predicted molar refractivity (Wildman–Crippen MR) is 136 cm³/mol. The average molecular weight is 538 g/mol. The van der Waals surface area contributed by atoms with Crippen molar-refractivity contribution in [3.8, 4) is 0 Å². The van der Waals surface area contributed by atoms with Gasteiger partial charge in [-0.25, -0.2) is 4.98 Å². The molecule has 0 amide bonds. The number of hydrogen-bond donors (Lipinski definition) is 5. The van der Waals surface area contributed by atoms with E-state index in [9.17, 15) is 19.7 Å². The highest BCUT2D eigenvalue weighted by Gasteiger charge is 2.49. The van der Waals surface area contributed by atoms with Crippen molar-refractivity contribution in [2.24, 2.45) is 5.73 Å². The topological polar surface area (TPSA) is 162 Å². The van der Waals surface area contributed by atoms with Crippen molar-refractivity contribution in [2.75, 3.05) is 19.0 Å². The summed E-state index contributed by atoms with van der Waals surface area (Å²) in [6.07, 6.45) is 1.79. The van der Waals surface area contributed by atoms with Crippen LogP contribution < -0.4 is 5.73 Å². The number of ether oxygens (including phenoxy) is 1. The predicted octanol–water partition coefficient (Wildman–Crippen LogP) is 1.98. The van der Waals surface area contributed by atoms with E-state index >= 15 is 0 Å². The Morgan fingerprint density at radius 1 is 1.25 bits per heavy atom. The molecule has 0 radical (unpaired) electrons. The molecule has 5 N–H and O–H groups in total. The van der Waals surface area contributed by atoms with Gasteiger partial charge in [0.15, 0.2) is 5.78 Å². The Kier molecular flexibility index (Phi) is 9.05. The van der Waals surface area contributed by atoms with E-state index in [0.717, 1.165) is 5.56 Å². The molecule has 1 aliphatic heterocycles. The Bertz CT molecular complexity index is 1180. The van der Waals surface area contributed by atoms with Crippen molar-refractivity contribution in [1.82, 2.24) is 14.5 Å². The first-order valence-electron chi connectivity index (χ1n) is 11.5. The molecule has 11 nitrogen and oxygen atoms in total. The summed E-state index contributed by atoms with van der Waals surface area (Å²) < 4.78 is 18.2. The highest BCUT2D eigenvalue weighted by Crippen LogP contribution is 2.55. The van der Waals surface area contributed by atoms with Crippen molar-refractivity contribution in [3.05, 3.63) is 59.7 Å². The molecular formula is C23H30N4O7PS+. The van der Waals surface area contributed by atoms with E-state index in [1.165, 1.54) is 0 Å². The fourth-order valence-corrected chi connectivity index (χ4v) is 5.19. The molecule has 1 unspecified atom stereocenters. The van der Waals surface area contributed by atoms with Crippen LogP contribution in [-0.4, -0.2) is 66.4 Å². The number of carbonyl (C=O) groups excluding carboxylic acids is 1. The number of benzene rings is 1. The summed E-state index contributed by atoms with van der Waals surface area (Å²) >= 11 is 4.06. The number of aromatic nitrogens is 3. The number of nitrogens with zero attached hydrogens (tertiary/aromatic N) is 3. The number of fused-ring (bicyclic) bond motifs is 1. The number of imidazole rings is 1. The Morgan fingerprint density at radius 2 is 2.03 bits per heavy atom. The summed E-state index contributed by atoms with van der Waals surface area (Å²) in [6.45, 7) is 0.110. The van der Waals surface area contributed by atoms with Gasteiger partial charge in [-0.2, -0.15) is 26.9 Å². The number of rotatable bonds is 12. The molecular weight excluding hydrogens is 507 g/mol. The van der Waals surface area contributed by atoms with Crippen LogP contribution in [0.5, 0.6) is 0 Å². The molecule has 4 rings (SSSR count). The minimum atomic E-state index is -4.09. The molecule has 0 spiro atoms. The third-order valence-corrected chi connectivity index (χ3v) is 7.29. The molecule has 1 saturated heterocycles. The minimum absolute atomic E-state index is 0.0680. The average Bonchev–Trinajstić information content (AvgIpc) is 3.48. The van der Waals surface area contributed by atoms with E-state index in [4.69, 9.17) is 19.5 Å². The maximum absolute atomic E-state index is 12.8. The largest absolute Gasteiger partial charge is 0.570 e. The van der Waals surface area contributed by atoms with Gasteiger partial charge >= 0.3 is 8.17 Å². The van der Waals surface area contributed by atoms with E-state index in [1.807, 2.05) is 12.1 Å². The first-order valence-corrected chi connectivity index (χ1v) is 13.7. The lowest BCUT2D eigenvalue weighted by atomic mass is 10.0. The van der Waals surface area contributed by atoms with Crippen LogP contribution in [0.2, 0.25) is 0 Å². The van der Waals surface area contributed by atoms with Crippen LogP contribution in [0.25, 0.3) is 11.0 Å². The highest BCUT2D eigenvalue weighted by molar-refractivity contribution is 7.80. The Labute approximate surface area is 214 Å². The van der Waals surface area contributed by atoms with E-state index in [2.05, 4.69) is 22.6 Å². The Balaban J connectivity index is 1.49. The van der Waals surface area contributed by atoms with E-state index in [0.29, 0.717) is 41.0 Å². The third-order valence-electron chi connectivity index (χ3n) is 5.91. The van der Waals surface area contributed by atoms with E-state index < -0.39 is 26.6 Å². The van der Waals surface area contributed by atoms with Gasteiger partial charge in [0, 0.05) is 24.7 Å². The lowest BCUT2D eigenvalue weighted by Gasteiger charge is -2.16. The van der Waals surface area contributed by atoms with Crippen molar-refractivity contribution >= 4 is 37.6 Å². The van der Waals surface area contributed by atoms with E-state index in [-0.39, 0.29) is 31.8 Å². The molecule has 1 aromatic carbocycles. The zero-order valence-corrected chi connectivity index (χ0v) is 21.3. The van der Waals surface area contributed by atoms with Crippen LogP contribution >= 0.6 is 20.8 Å². The Morgan fingerprint density at radius 3 is 2.72 bits per heavy atom. The minimum Gasteiger partial charge on any atom is -0.394 e. The number of ketones is 1. The molecule has 3 aromatic rings. The molecule has 0 aliphatic carbocycles. The number of carbonyl (C=O) groups is 1. The van der Waals surface area contributed by atoms with Crippen LogP contribution in [0.3, 0.4) is 0 Å². The van der Waals surface area contributed by atoms with Crippen molar-refractivity contribution < 1.29 is 33.5 Å². The second kappa shape index (κ2) is 12.0. The van der Waals surface area contributed by atoms with Gasteiger partial charge in [-0.05, 0) is 23.8 Å². The quantitative estimate of drug-likeness (QED) is 0.0999. The summed E-state index contributed by atoms with van der Waals surface area (Å²) in [7, 11) is -4.09. The van der Waals surface area contributed by atoms with Gasteiger partial charge < -0.3 is 20.1 Å². The molecule has 3 atom stereocenters. The standard InChI is InChI=1S/C23H29N4O7PS/c24-12-15-2-4-16(5-3-15)19(29)10-17-23-18(6-7-25-17)27(14-26-23)22-11-20(21(13-28)33-22)34-35(30,31)32-8-1-9-36/h2-7,14,20-22,28,30-31H,1,8-13,24H2/p+1/t20?,21-,22-/m1/s1. The van der Waals surface area contributed by atoms with Crippen LogP contribution in [0.4, 0.5) is 0 Å². The van der Waals surface area contributed by atoms with Crippen molar-refractivity contribution in [3.63, 3.8) is 0 Å². The van der Waals surface area contributed by atoms with E-state index in [1.54, 1.807) is 35.3 Å². The van der Waals surface area contributed by atoms with Gasteiger partial charge in [-0.1, -0.05) is 24.3 Å². The number of thiol groups is 1. The fraction of sp³-hybridized carbons (Fsp3) is 0.435. The van der Waals surface area contributed by atoms with Gasteiger partial charge in [0.1, 0.15) is 30.6 Å². The molecule has 13 heteroatoms. The smallest absolute Gasteiger partial charge is 0.394 e. The fourth-order valence-electron chi connectivity index (χ4n) is 4.06. The molecule has 194 valence electrons. The second-order valence-electron chi connectivity index (χ2n) is 8.37. The van der Waals surface area contributed by atoms with Gasteiger partial charge in [0.05, 0.1) is 30.6 Å². The first kappa shape index (κ1) is 27.1. The number of pyridine rings is 1. The third kappa shape index (κ3) is 6.28. The molecule has 1 aliphatic rings. The number of hydrogen-bond acceptors (Lipinski definition) is 11. The summed E-state index contributed by atoms with van der Waals surface area (Å²) in [4.78, 5) is 42.0. The van der Waals surface area contributed by atoms with Crippen LogP contribution in [0.15, 0.2) is 42.9 Å². The number of aliphatic hydroxyl groups is 1. The van der Waals surface area contributed by atoms with Crippen molar-refractivity contribution in [2.45, 2.75) is 44.2 Å². The summed E-state index contributed by atoms with van der Waals surface area (Å²) in [5, 5.41) is 9.77. The second-order valence-corrected chi connectivity index (χ2v) is 10.3. The molecule has 3 heterocycles. The molecule has 36 heavy (non-hydrogen) atoms. The maximum atomic E-state index is 12.8. The Hall–Kier alpha value is -1.99. The summed E-state index contributed by atoms with van der Waals surface area (Å²) in [5.74, 6) is 0.438. The summed E-state index contributed by atoms with van der Waals surface area (Å²) in [6, 6.07) is 8.90. The molecule has 0 saturated carbocycles. The van der Waals surface area contributed by atoms with Gasteiger partial charge in [0.25, 0.3) is 0 Å². The zero-order valence-electron chi connectivity index (χ0n) is 19.5. The van der Waals surface area contributed by atoms with Gasteiger partial charge in [-0.15, -0.1) is 4.52 Å². The molecule has 1 fully saturated rings. The SMILES string of the molecule is NCc1ccc(C(=O)Cc2nccc3c2ncn3[C@H]2CC(O[P+](O)(O)OCCCS)[C@@H](CO)O2)cc1. The molecule has 2 aromatic heterocycles. The van der Waals surface area contributed by atoms with Crippen LogP contribution in [0.1, 0.15) is 40.7 Å². The first-order chi connectivity index (χ1) is 17.3. The number of nitrogens with two attached hydrogens (primary N) is 1.